The van der Waals surface area contributed by atoms with Crippen molar-refractivity contribution in [1.82, 2.24) is 19.6 Å². The molecule has 0 saturated carbocycles. The molecule has 0 bridgehead atoms. The van der Waals surface area contributed by atoms with Gasteiger partial charge in [0.25, 0.3) is 0 Å². The Morgan fingerprint density at radius 2 is 1.94 bits per heavy atom. The summed E-state index contributed by atoms with van der Waals surface area (Å²) in [6.45, 7) is 0.499. The Bertz CT molecular complexity index is 1250. The SMILES string of the molecule is COc1cccc(-c2nc3c4ccccc4nc([C@](N)(CCCCN)C(N)=O)n3n2)c1. The molecule has 0 spiro atoms. The lowest BCUT2D eigenvalue weighted by Gasteiger charge is -2.25. The minimum atomic E-state index is -1.52. The Kier molecular flexibility index (Phi) is 5.53. The average molecular weight is 419 g/mol. The molecule has 6 N–H and O–H groups in total. The van der Waals surface area contributed by atoms with E-state index in [1.807, 2.05) is 48.5 Å². The first-order valence-corrected chi connectivity index (χ1v) is 10.1. The molecule has 2 aromatic carbocycles. The summed E-state index contributed by atoms with van der Waals surface area (Å²) in [5.74, 6) is 0.734. The quantitative estimate of drug-likeness (QED) is 0.368. The van der Waals surface area contributed by atoms with Crippen molar-refractivity contribution in [2.45, 2.75) is 24.8 Å². The molecule has 2 heterocycles. The predicted octanol–water partition coefficient (Wildman–Crippen LogP) is 1.72. The number of carbonyl (C=O) groups excluding carboxylic acids is 1. The van der Waals surface area contributed by atoms with Crippen molar-refractivity contribution in [3.8, 4) is 17.1 Å². The van der Waals surface area contributed by atoms with E-state index in [4.69, 9.17) is 31.9 Å². The number of unbranched alkanes of at least 4 members (excludes halogenated alkanes) is 1. The number of fused-ring (bicyclic) bond motifs is 3. The van der Waals surface area contributed by atoms with E-state index in [0.29, 0.717) is 42.1 Å². The van der Waals surface area contributed by atoms with E-state index in [-0.39, 0.29) is 5.82 Å². The lowest BCUT2D eigenvalue weighted by Crippen LogP contribution is -2.51. The minimum absolute atomic E-state index is 0.257. The molecule has 0 aliphatic rings. The molecule has 0 aliphatic heterocycles. The molecule has 31 heavy (non-hydrogen) atoms. The maximum Gasteiger partial charge on any atom is 0.245 e. The van der Waals surface area contributed by atoms with Crippen LogP contribution < -0.4 is 21.9 Å². The van der Waals surface area contributed by atoms with Gasteiger partial charge in [-0.1, -0.05) is 24.3 Å². The molecule has 4 aromatic rings. The number of primary amides is 1. The van der Waals surface area contributed by atoms with Crippen LogP contribution in [0.4, 0.5) is 0 Å². The van der Waals surface area contributed by atoms with E-state index in [1.54, 1.807) is 7.11 Å². The maximum absolute atomic E-state index is 12.5. The van der Waals surface area contributed by atoms with Crippen LogP contribution in [0.1, 0.15) is 25.1 Å². The van der Waals surface area contributed by atoms with Crippen molar-refractivity contribution in [3.63, 3.8) is 0 Å². The standard InChI is InChI=1S/C22H25N7O2/c1-31-15-8-6-7-14(13-15)18-27-19-16-9-2-3-10-17(16)26-21(29(19)28-18)22(25,20(24)30)11-4-5-12-23/h2-3,6-10,13H,4-5,11-12,23,25H2,1H3,(H2,24,30)/t22-/m0/s1. The number of methoxy groups -OCH3 is 1. The van der Waals surface area contributed by atoms with Crippen LogP contribution >= 0.6 is 0 Å². The van der Waals surface area contributed by atoms with E-state index in [0.717, 1.165) is 17.4 Å². The third-order valence-electron chi connectivity index (χ3n) is 5.37. The summed E-state index contributed by atoms with van der Waals surface area (Å²) < 4.78 is 6.85. The van der Waals surface area contributed by atoms with E-state index < -0.39 is 11.4 Å². The summed E-state index contributed by atoms with van der Waals surface area (Å²) >= 11 is 0. The summed E-state index contributed by atoms with van der Waals surface area (Å²) in [7, 11) is 1.60. The molecule has 9 heteroatoms. The van der Waals surface area contributed by atoms with Gasteiger partial charge in [-0.15, -0.1) is 5.10 Å². The highest BCUT2D eigenvalue weighted by Gasteiger charge is 2.38. The summed E-state index contributed by atoms with van der Waals surface area (Å²) in [5, 5.41) is 5.45. The second-order valence-electron chi connectivity index (χ2n) is 7.44. The van der Waals surface area contributed by atoms with Gasteiger partial charge >= 0.3 is 0 Å². The van der Waals surface area contributed by atoms with Crippen molar-refractivity contribution in [3.05, 3.63) is 54.4 Å². The van der Waals surface area contributed by atoms with Gasteiger partial charge in [0.1, 0.15) is 5.75 Å². The summed E-state index contributed by atoms with van der Waals surface area (Å²) in [4.78, 5) is 21.9. The first-order valence-electron chi connectivity index (χ1n) is 10.1. The Morgan fingerprint density at radius 3 is 2.68 bits per heavy atom. The van der Waals surface area contributed by atoms with Crippen molar-refractivity contribution in [2.75, 3.05) is 13.7 Å². The minimum Gasteiger partial charge on any atom is -0.497 e. The normalized spacial score (nSPS) is 13.4. The summed E-state index contributed by atoms with van der Waals surface area (Å²) in [6.07, 6.45) is 1.65. The van der Waals surface area contributed by atoms with E-state index >= 15 is 0 Å². The van der Waals surface area contributed by atoms with Gasteiger partial charge in [-0.3, -0.25) is 4.79 Å². The number of nitrogens with two attached hydrogens (primary N) is 3. The third kappa shape index (κ3) is 3.69. The molecule has 9 nitrogen and oxygen atoms in total. The first-order chi connectivity index (χ1) is 15.0. The highest BCUT2D eigenvalue weighted by atomic mass is 16.5. The smallest absolute Gasteiger partial charge is 0.245 e. The van der Waals surface area contributed by atoms with Gasteiger partial charge in [0, 0.05) is 10.9 Å². The highest BCUT2D eigenvalue weighted by molar-refractivity contribution is 5.93. The number of rotatable bonds is 8. The monoisotopic (exact) mass is 419 g/mol. The second kappa shape index (κ2) is 8.29. The number of para-hydroxylation sites is 1. The number of hydrogen-bond donors (Lipinski definition) is 3. The fourth-order valence-corrected chi connectivity index (χ4v) is 3.62. The zero-order chi connectivity index (χ0) is 22.0. The molecule has 1 atom stereocenters. The number of aromatic nitrogens is 4. The molecule has 0 fully saturated rings. The van der Waals surface area contributed by atoms with Crippen LogP contribution in [0.5, 0.6) is 5.75 Å². The molecule has 160 valence electrons. The number of carbonyl (C=O) groups is 1. The first kappa shape index (κ1) is 20.7. The second-order valence-corrected chi connectivity index (χ2v) is 7.44. The number of hydrogen-bond acceptors (Lipinski definition) is 7. The van der Waals surface area contributed by atoms with Crippen LogP contribution in [0, 0.1) is 0 Å². The van der Waals surface area contributed by atoms with Crippen molar-refractivity contribution >= 4 is 22.5 Å². The molecular weight excluding hydrogens is 394 g/mol. The van der Waals surface area contributed by atoms with Crippen LogP contribution in [0.25, 0.3) is 27.9 Å². The van der Waals surface area contributed by atoms with Gasteiger partial charge < -0.3 is 21.9 Å². The Balaban J connectivity index is 1.97. The molecule has 0 aliphatic carbocycles. The lowest BCUT2D eigenvalue weighted by molar-refractivity contribution is -0.124. The van der Waals surface area contributed by atoms with E-state index in [2.05, 4.69) is 5.10 Å². The number of benzene rings is 2. The Morgan fingerprint density at radius 1 is 1.13 bits per heavy atom. The van der Waals surface area contributed by atoms with Crippen LogP contribution in [-0.2, 0) is 10.3 Å². The van der Waals surface area contributed by atoms with Crippen molar-refractivity contribution in [2.24, 2.45) is 17.2 Å². The molecule has 0 unspecified atom stereocenters. The fraction of sp³-hybridized carbons (Fsp3) is 0.273. The topological polar surface area (TPSA) is 147 Å². The fourth-order valence-electron chi connectivity index (χ4n) is 3.62. The Labute approximate surface area is 179 Å². The van der Waals surface area contributed by atoms with Gasteiger partial charge in [0.15, 0.2) is 22.8 Å². The largest absolute Gasteiger partial charge is 0.497 e. The van der Waals surface area contributed by atoms with Crippen molar-refractivity contribution in [1.29, 1.82) is 0 Å². The van der Waals surface area contributed by atoms with Gasteiger partial charge in [-0.25, -0.2) is 9.97 Å². The van der Waals surface area contributed by atoms with Crippen LogP contribution in [0.15, 0.2) is 48.5 Å². The van der Waals surface area contributed by atoms with Crippen LogP contribution in [0.3, 0.4) is 0 Å². The van der Waals surface area contributed by atoms with Gasteiger partial charge in [-0.05, 0) is 50.1 Å². The Hall–Kier alpha value is -3.56. The molecule has 0 saturated heterocycles. The van der Waals surface area contributed by atoms with Crippen molar-refractivity contribution < 1.29 is 9.53 Å². The average Bonchev–Trinajstić information content (AvgIpc) is 3.24. The zero-order valence-electron chi connectivity index (χ0n) is 17.3. The number of nitrogens with zero attached hydrogens (tertiary/aromatic N) is 4. The highest BCUT2D eigenvalue weighted by Crippen LogP contribution is 2.29. The molecule has 2 aromatic heterocycles. The lowest BCUT2D eigenvalue weighted by atomic mass is 9.91. The zero-order valence-corrected chi connectivity index (χ0v) is 17.3. The third-order valence-corrected chi connectivity index (χ3v) is 5.37. The van der Waals surface area contributed by atoms with Crippen LogP contribution in [-0.4, -0.2) is 39.1 Å². The molecule has 4 rings (SSSR count). The summed E-state index contributed by atoms with van der Waals surface area (Å²) in [6, 6.07) is 15.0. The van der Waals surface area contributed by atoms with E-state index in [1.165, 1.54) is 4.52 Å². The van der Waals surface area contributed by atoms with Crippen LogP contribution in [0.2, 0.25) is 0 Å². The van der Waals surface area contributed by atoms with E-state index in [9.17, 15) is 4.79 Å². The van der Waals surface area contributed by atoms with Gasteiger partial charge in [-0.2, -0.15) is 4.52 Å². The molecule has 0 radical (unpaired) electrons. The number of amides is 1. The molecule has 1 amide bonds. The number of ether oxygens (including phenoxy) is 1. The maximum atomic E-state index is 12.5. The summed E-state index contributed by atoms with van der Waals surface area (Å²) in [5.41, 5.74) is 18.4. The predicted molar refractivity (Wildman–Crippen MR) is 118 cm³/mol. The molecular formula is C22H25N7O2. The van der Waals surface area contributed by atoms with Gasteiger partial charge in [0.05, 0.1) is 12.6 Å². The van der Waals surface area contributed by atoms with Gasteiger partial charge in [0.2, 0.25) is 5.91 Å².